The van der Waals surface area contributed by atoms with Crippen LogP contribution in [0.25, 0.3) is 0 Å². The fourth-order valence-electron chi connectivity index (χ4n) is 1.84. The summed E-state index contributed by atoms with van der Waals surface area (Å²) in [5.41, 5.74) is 7.12. The lowest BCUT2D eigenvalue weighted by molar-refractivity contribution is 0.103. The Balaban J connectivity index is 2.07. The first-order valence-corrected chi connectivity index (χ1v) is 5.71. The number of halogens is 1. The summed E-state index contributed by atoms with van der Waals surface area (Å²) in [6, 6.07) is 9.33. The fraction of sp³-hybridized carbons (Fsp3) is 0.455. The molecule has 0 saturated carbocycles. The normalized spacial score (nSPS) is 20.5. The van der Waals surface area contributed by atoms with E-state index in [1.54, 1.807) is 0 Å². The summed E-state index contributed by atoms with van der Waals surface area (Å²) < 4.78 is 1.15. The third-order valence-corrected chi connectivity index (χ3v) is 3.31. The molecule has 1 atom stereocenters. The molecule has 3 heteroatoms. The number of nitrogens with two attached hydrogens (primary N) is 1. The number of benzene rings is 1. The van der Waals surface area contributed by atoms with E-state index in [-0.39, 0.29) is 0 Å². The first-order chi connectivity index (χ1) is 6.66. The summed E-state index contributed by atoms with van der Waals surface area (Å²) in [7, 11) is 0. The Kier molecular flexibility index (Phi) is 2.91. The summed E-state index contributed by atoms with van der Waals surface area (Å²) in [6.07, 6.45) is 0. The molecule has 1 aliphatic rings. The highest BCUT2D eigenvalue weighted by Crippen LogP contribution is 2.26. The van der Waals surface area contributed by atoms with E-state index in [1.165, 1.54) is 5.56 Å². The summed E-state index contributed by atoms with van der Waals surface area (Å²) in [5, 5.41) is 0. The van der Waals surface area contributed by atoms with Crippen molar-refractivity contribution in [2.75, 3.05) is 13.1 Å². The molecule has 1 heterocycles. The molecule has 1 aliphatic heterocycles. The summed E-state index contributed by atoms with van der Waals surface area (Å²) in [4.78, 5) is 2.40. The second-order valence-corrected chi connectivity index (χ2v) is 4.86. The number of rotatable bonds is 2. The quantitative estimate of drug-likeness (QED) is 0.877. The van der Waals surface area contributed by atoms with E-state index in [2.05, 4.69) is 52.0 Å². The Morgan fingerprint density at radius 2 is 2.21 bits per heavy atom. The number of hydrogen-bond donors (Lipinski definition) is 1. The topological polar surface area (TPSA) is 29.3 Å². The Morgan fingerprint density at radius 1 is 1.50 bits per heavy atom. The van der Waals surface area contributed by atoms with Crippen molar-refractivity contribution in [2.24, 2.45) is 5.73 Å². The average molecular weight is 255 g/mol. The Morgan fingerprint density at radius 3 is 2.79 bits per heavy atom. The van der Waals surface area contributed by atoms with Gasteiger partial charge in [-0.1, -0.05) is 28.1 Å². The van der Waals surface area contributed by atoms with Crippen LogP contribution < -0.4 is 5.73 Å². The molecule has 2 rings (SSSR count). The molecule has 0 amide bonds. The second-order valence-electron chi connectivity index (χ2n) is 3.94. The molecular weight excluding hydrogens is 240 g/mol. The van der Waals surface area contributed by atoms with Crippen LogP contribution in [0.5, 0.6) is 0 Å². The zero-order chi connectivity index (χ0) is 10.1. The molecule has 14 heavy (non-hydrogen) atoms. The van der Waals surface area contributed by atoms with Crippen LogP contribution in [0.4, 0.5) is 0 Å². The van der Waals surface area contributed by atoms with E-state index in [9.17, 15) is 0 Å². The van der Waals surface area contributed by atoms with Crippen LogP contribution in [0.2, 0.25) is 0 Å². The minimum Gasteiger partial charge on any atom is -0.325 e. The number of hydrogen-bond acceptors (Lipinski definition) is 2. The lowest BCUT2D eigenvalue weighted by atomic mass is 10.0. The Bertz CT molecular complexity index is 321. The maximum absolute atomic E-state index is 5.76. The lowest BCUT2D eigenvalue weighted by Gasteiger charge is -2.41. The van der Waals surface area contributed by atoms with Crippen molar-refractivity contribution in [1.29, 1.82) is 0 Å². The zero-order valence-corrected chi connectivity index (χ0v) is 9.87. The van der Waals surface area contributed by atoms with Crippen molar-refractivity contribution < 1.29 is 0 Å². The van der Waals surface area contributed by atoms with E-state index in [0.29, 0.717) is 12.1 Å². The van der Waals surface area contributed by atoms with Gasteiger partial charge in [0.2, 0.25) is 0 Å². The van der Waals surface area contributed by atoms with Crippen LogP contribution in [0, 0.1) is 0 Å². The molecule has 76 valence electrons. The molecule has 0 bridgehead atoms. The minimum absolute atomic E-state index is 0.379. The predicted octanol–water partition coefficient (Wildman–Crippen LogP) is 2.15. The van der Waals surface area contributed by atoms with Crippen LogP contribution >= 0.6 is 15.9 Å². The smallest absolute Gasteiger partial charge is 0.0321 e. The fourth-order valence-corrected chi connectivity index (χ4v) is 2.26. The van der Waals surface area contributed by atoms with E-state index in [4.69, 9.17) is 5.73 Å². The number of nitrogens with zero attached hydrogens (tertiary/aromatic N) is 1. The maximum Gasteiger partial charge on any atom is 0.0321 e. The highest BCUT2D eigenvalue weighted by Gasteiger charge is 2.27. The van der Waals surface area contributed by atoms with Crippen molar-refractivity contribution in [2.45, 2.75) is 19.0 Å². The molecule has 2 N–H and O–H groups in total. The van der Waals surface area contributed by atoms with Crippen LogP contribution in [0.3, 0.4) is 0 Å². The first-order valence-electron chi connectivity index (χ1n) is 4.92. The summed E-state index contributed by atoms with van der Waals surface area (Å²) >= 11 is 3.49. The van der Waals surface area contributed by atoms with Crippen molar-refractivity contribution in [1.82, 2.24) is 4.90 Å². The van der Waals surface area contributed by atoms with Crippen molar-refractivity contribution in [3.05, 3.63) is 34.3 Å². The monoisotopic (exact) mass is 254 g/mol. The Hall–Kier alpha value is -0.380. The number of likely N-dealkylation sites (tertiary alicyclic amines) is 1. The molecule has 1 aromatic rings. The predicted molar refractivity (Wildman–Crippen MR) is 62.1 cm³/mol. The van der Waals surface area contributed by atoms with Gasteiger partial charge in [0.25, 0.3) is 0 Å². The largest absolute Gasteiger partial charge is 0.325 e. The third kappa shape index (κ3) is 2.00. The van der Waals surface area contributed by atoms with Gasteiger partial charge in [0.05, 0.1) is 0 Å². The maximum atomic E-state index is 5.76. The van der Waals surface area contributed by atoms with Gasteiger partial charge in [0.1, 0.15) is 0 Å². The van der Waals surface area contributed by atoms with Crippen molar-refractivity contribution in [3.63, 3.8) is 0 Å². The second kappa shape index (κ2) is 4.01. The molecule has 0 aromatic heterocycles. The van der Waals surface area contributed by atoms with Crippen LogP contribution in [-0.4, -0.2) is 24.0 Å². The van der Waals surface area contributed by atoms with Gasteiger partial charge >= 0.3 is 0 Å². The first kappa shape index (κ1) is 10.1. The van der Waals surface area contributed by atoms with E-state index < -0.39 is 0 Å². The van der Waals surface area contributed by atoms with Crippen LogP contribution in [0.1, 0.15) is 18.5 Å². The molecule has 1 aromatic carbocycles. The SMILES string of the molecule is CC(c1cccc(Br)c1)N1CC(N)C1. The van der Waals surface area contributed by atoms with Gasteiger partial charge in [0.15, 0.2) is 0 Å². The highest BCUT2D eigenvalue weighted by atomic mass is 79.9. The third-order valence-electron chi connectivity index (χ3n) is 2.82. The average Bonchev–Trinajstić information content (AvgIpc) is 2.12. The molecule has 0 radical (unpaired) electrons. The van der Waals surface area contributed by atoms with Gasteiger partial charge in [-0.05, 0) is 24.6 Å². The van der Waals surface area contributed by atoms with E-state index >= 15 is 0 Å². The molecular formula is C11H15BrN2. The molecule has 2 nitrogen and oxygen atoms in total. The van der Waals surface area contributed by atoms with Gasteiger partial charge in [-0.2, -0.15) is 0 Å². The van der Waals surface area contributed by atoms with E-state index in [0.717, 1.165) is 17.6 Å². The van der Waals surface area contributed by atoms with Gasteiger partial charge < -0.3 is 5.73 Å². The zero-order valence-electron chi connectivity index (χ0n) is 8.28. The molecule has 1 fully saturated rings. The van der Waals surface area contributed by atoms with Gasteiger partial charge in [0, 0.05) is 29.6 Å². The summed E-state index contributed by atoms with van der Waals surface area (Å²) in [6.45, 7) is 4.27. The summed E-state index contributed by atoms with van der Waals surface area (Å²) in [5.74, 6) is 0. The van der Waals surface area contributed by atoms with Crippen LogP contribution in [-0.2, 0) is 0 Å². The van der Waals surface area contributed by atoms with Crippen molar-refractivity contribution in [3.8, 4) is 0 Å². The molecule has 0 aliphatic carbocycles. The van der Waals surface area contributed by atoms with E-state index in [1.807, 2.05) is 0 Å². The van der Waals surface area contributed by atoms with Crippen LogP contribution in [0.15, 0.2) is 28.7 Å². The minimum atomic E-state index is 0.379. The van der Waals surface area contributed by atoms with Gasteiger partial charge in [-0.3, -0.25) is 4.90 Å². The van der Waals surface area contributed by atoms with Crippen molar-refractivity contribution >= 4 is 15.9 Å². The highest BCUT2D eigenvalue weighted by molar-refractivity contribution is 9.10. The Labute approximate surface area is 93.2 Å². The molecule has 0 spiro atoms. The lowest BCUT2D eigenvalue weighted by Crippen LogP contribution is -2.56. The standard InChI is InChI=1S/C11H15BrN2/c1-8(14-6-11(13)7-14)9-3-2-4-10(12)5-9/h2-5,8,11H,6-7,13H2,1H3. The molecule has 1 saturated heterocycles. The van der Waals surface area contributed by atoms with Gasteiger partial charge in [-0.15, -0.1) is 0 Å². The molecule has 1 unspecified atom stereocenters. The van der Waals surface area contributed by atoms with Gasteiger partial charge in [-0.25, -0.2) is 0 Å².